The molecular formula is C22H20N4O6S. The van der Waals surface area contributed by atoms with Gasteiger partial charge in [-0.2, -0.15) is 0 Å². The van der Waals surface area contributed by atoms with Crippen LogP contribution < -0.4 is 4.74 Å². The van der Waals surface area contributed by atoms with Crippen molar-refractivity contribution in [1.82, 2.24) is 9.80 Å². The minimum atomic E-state index is -0.852. The first-order valence-corrected chi connectivity index (χ1v) is 11.2. The summed E-state index contributed by atoms with van der Waals surface area (Å²) >= 11 is 1.38. The van der Waals surface area contributed by atoms with Crippen LogP contribution in [0.15, 0.2) is 47.5 Å². The number of rotatable bonds is 6. The van der Waals surface area contributed by atoms with Gasteiger partial charge in [-0.05, 0) is 32.0 Å². The van der Waals surface area contributed by atoms with Crippen LogP contribution in [0.25, 0.3) is 0 Å². The number of fused-ring (bicyclic) bond motifs is 1. The molecule has 0 radical (unpaired) electrons. The molecule has 0 aromatic heterocycles. The number of amidine groups is 1. The number of amides is 3. The van der Waals surface area contributed by atoms with E-state index in [-0.39, 0.29) is 17.2 Å². The molecule has 10 nitrogen and oxygen atoms in total. The zero-order valence-corrected chi connectivity index (χ0v) is 18.7. The van der Waals surface area contributed by atoms with Gasteiger partial charge in [0.2, 0.25) is 5.91 Å². The highest BCUT2D eigenvalue weighted by atomic mass is 32.2. The van der Waals surface area contributed by atoms with Crippen LogP contribution >= 0.6 is 11.8 Å². The van der Waals surface area contributed by atoms with Gasteiger partial charge in [0.15, 0.2) is 5.17 Å². The average molecular weight is 468 g/mol. The maximum atomic E-state index is 13.2. The molecule has 4 rings (SSSR count). The van der Waals surface area contributed by atoms with Crippen molar-refractivity contribution in [2.24, 2.45) is 4.99 Å². The summed E-state index contributed by atoms with van der Waals surface area (Å²) in [6, 6.07) is 10.8. The highest BCUT2D eigenvalue weighted by Gasteiger charge is 2.43. The molecule has 2 aromatic rings. The summed E-state index contributed by atoms with van der Waals surface area (Å²) in [7, 11) is 0. The lowest BCUT2D eigenvalue weighted by Gasteiger charge is -2.23. The lowest BCUT2D eigenvalue weighted by molar-refractivity contribution is -0.385. The van der Waals surface area contributed by atoms with Crippen LogP contribution in [0.2, 0.25) is 0 Å². The fourth-order valence-electron chi connectivity index (χ4n) is 3.72. The molecule has 1 atom stereocenters. The molecule has 1 fully saturated rings. The zero-order valence-electron chi connectivity index (χ0n) is 17.9. The highest BCUT2D eigenvalue weighted by Crippen LogP contribution is 2.34. The second kappa shape index (κ2) is 9.02. The Morgan fingerprint density at radius 1 is 1.21 bits per heavy atom. The van der Waals surface area contributed by atoms with Crippen LogP contribution in [-0.4, -0.2) is 62.6 Å². The van der Waals surface area contributed by atoms with E-state index in [4.69, 9.17) is 4.74 Å². The molecule has 2 heterocycles. The Labute approximate surface area is 193 Å². The fraction of sp³-hybridized carbons (Fsp3) is 0.273. The summed E-state index contributed by atoms with van der Waals surface area (Å²) in [4.78, 5) is 56.2. The molecule has 2 aromatic carbocycles. The number of aliphatic imine (C=N–C) groups is 1. The van der Waals surface area contributed by atoms with Crippen molar-refractivity contribution in [1.29, 1.82) is 0 Å². The predicted octanol–water partition coefficient (Wildman–Crippen LogP) is 3.24. The van der Waals surface area contributed by atoms with Crippen molar-refractivity contribution in [2.45, 2.75) is 19.9 Å². The normalized spacial score (nSPS) is 18.7. The van der Waals surface area contributed by atoms with Crippen molar-refractivity contribution < 1.29 is 24.0 Å². The number of nitro benzene ring substituents is 1. The summed E-state index contributed by atoms with van der Waals surface area (Å²) in [5.74, 6) is -0.915. The van der Waals surface area contributed by atoms with Crippen molar-refractivity contribution in [2.75, 3.05) is 18.9 Å². The summed E-state index contributed by atoms with van der Waals surface area (Å²) in [6.45, 7) is 3.62. The van der Waals surface area contributed by atoms with Gasteiger partial charge in [0.25, 0.3) is 17.5 Å². The summed E-state index contributed by atoms with van der Waals surface area (Å²) < 4.78 is 5.60. The SMILES string of the molecule is CCOc1ccccc1N=C1SCC(C)N1C(=O)CN1C(=O)c2cccc([N+](=O)[O-])c2C1=O. The van der Waals surface area contributed by atoms with E-state index in [1.54, 1.807) is 12.1 Å². The molecular weight excluding hydrogens is 448 g/mol. The largest absolute Gasteiger partial charge is 0.492 e. The van der Waals surface area contributed by atoms with Crippen LogP contribution in [0, 0.1) is 10.1 Å². The fourth-order valence-corrected chi connectivity index (χ4v) is 4.84. The van der Waals surface area contributed by atoms with Crippen LogP contribution in [0.5, 0.6) is 5.75 Å². The molecule has 0 aliphatic carbocycles. The van der Waals surface area contributed by atoms with E-state index >= 15 is 0 Å². The molecule has 2 aliphatic rings. The Hall–Kier alpha value is -3.73. The number of imide groups is 1. The Balaban J connectivity index is 1.60. The number of carbonyl (C=O) groups excluding carboxylic acids is 3. The van der Waals surface area contributed by atoms with E-state index in [0.717, 1.165) is 11.0 Å². The minimum Gasteiger partial charge on any atom is -0.492 e. The number of benzene rings is 2. The highest BCUT2D eigenvalue weighted by molar-refractivity contribution is 8.14. The molecule has 0 bridgehead atoms. The van der Waals surface area contributed by atoms with Gasteiger partial charge >= 0.3 is 0 Å². The van der Waals surface area contributed by atoms with Crippen molar-refractivity contribution in [3.05, 3.63) is 63.7 Å². The summed E-state index contributed by atoms with van der Waals surface area (Å²) in [5, 5.41) is 11.7. The molecule has 1 saturated heterocycles. The minimum absolute atomic E-state index is 0.0784. The number of hydrogen-bond acceptors (Lipinski definition) is 8. The van der Waals surface area contributed by atoms with Gasteiger partial charge in [-0.15, -0.1) is 0 Å². The van der Waals surface area contributed by atoms with Gasteiger partial charge in [-0.25, -0.2) is 4.99 Å². The maximum Gasteiger partial charge on any atom is 0.282 e. The predicted molar refractivity (Wildman–Crippen MR) is 122 cm³/mol. The monoisotopic (exact) mass is 468 g/mol. The number of nitro groups is 1. The third-order valence-electron chi connectivity index (χ3n) is 5.22. The first-order chi connectivity index (χ1) is 15.8. The van der Waals surface area contributed by atoms with Crippen LogP contribution in [0.3, 0.4) is 0 Å². The van der Waals surface area contributed by atoms with E-state index in [0.29, 0.717) is 29.0 Å². The van der Waals surface area contributed by atoms with Crippen molar-refractivity contribution in [3.63, 3.8) is 0 Å². The number of hydrogen-bond donors (Lipinski definition) is 0. The lowest BCUT2D eigenvalue weighted by atomic mass is 10.1. The van der Waals surface area contributed by atoms with Crippen LogP contribution in [0.1, 0.15) is 34.6 Å². The zero-order chi connectivity index (χ0) is 23.7. The van der Waals surface area contributed by atoms with Crippen LogP contribution in [-0.2, 0) is 4.79 Å². The van der Waals surface area contributed by atoms with Gasteiger partial charge in [-0.1, -0.05) is 30.0 Å². The van der Waals surface area contributed by atoms with Gasteiger partial charge in [0.05, 0.1) is 17.1 Å². The molecule has 2 aliphatic heterocycles. The smallest absolute Gasteiger partial charge is 0.282 e. The first-order valence-electron chi connectivity index (χ1n) is 10.2. The quantitative estimate of drug-likeness (QED) is 0.362. The molecule has 170 valence electrons. The summed E-state index contributed by atoms with van der Waals surface area (Å²) in [5.41, 5.74) is -0.264. The second-order valence-electron chi connectivity index (χ2n) is 7.37. The standard InChI is InChI=1S/C22H20N4O6S/c1-3-32-17-10-5-4-8-15(17)23-22-25(13(2)12-33-22)18(27)11-24-20(28)14-7-6-9-16(26(30)31)19(14)21(24)29/h4-10,13H,3,11-12H2,1-2H3. The average Bonchev–Trinajstić information content (AvgIpc) is 3.27. The Bertz CT molecular complexity index is 1200. The van der Waals surface area contributed by atoms with Crippen molar-refractivity contribution >= 4 is 46.0 Å². The van der Waals surface area contributed by atoms with E-state index in [9.17, 15) is 24.5 Å². The van der Waals surface area contributed by atoms with E-state index in [1.165, 1.54) is 28.8 Å². The first kappa shape index (κ1) is 22.5. The Morgan fingerprint density at radius 3 is 2.70 bits per heavy atom. The Kier molecular flexibility index (Phi) is 6.14. The number of para-hydroxylation sites is 2. The number of thioether (sulfide) groups is 1. The molecule has 1 unspecified atom stereocenters. The second-order valence-corrected chi connectivity index (χ2v) is 8.36. The van der Waals surface area contributed by atoms with Crippen LogP contribution in [0.4, 0.5) is 11.4 Å². The van der Waals surface area contributed by atoms with Gasteiger partial charge < -0.3 is 4.74 Å². The summed E-state index contributed by atoms with van der Waals surface area (Å²) in [6.07, 6.45) is 0. The van der Waals surface area contributed by atoms with Gasteiger partial charge in [-0.3, -0.25) is 34.3 Å². The van der Waals surface area contributed by atoms with Crippen molar-refractivity contribution in [3.8, 4) is 5.75 Å². The maximum absolute atomic E-state index is 13.2. The van der Waals surface area contributed by atoms with E-state index in [1.807, 2.05) is 26.0 Å². The number of ether oxygens (including phenoxy) is 1. The van der Waals surface area contributed by atoms with Gasteiger partial charge in [0, 0.05) is 17.9 Å². The molecule has 11 heteroatoms. The molecule has 0 saturated carbocycles. The third kappa shape index (κ3) is 4.07. The number of nitrogens with zero attached hydrogens (tertiary/aromatic N) is 4. The molecule has 0 N–H and O–H groups in total. The Morgan fingerprint density at radius 2 is 1.97 bits per heavy atom. The molecule has 33 heavy (non-hydrogen) atoms. The van der Waals surface area contributed by atoms with Gasteiger partial charge in [0.1, 0.15) is 23.5 Å². The lowest BCUT2D eigenvalue weighted by Crippen LogP contribution is -2.45. The molecule has 0 spiro atoms. The number of carbonyl (C=O) groups is 3. The third-order valence-corrected chi connectivity index (χ3v) is 6.41. The topological polar surface area (TPSA) is 122 Å². The molecule has 3 amide bonds. The van der Waals surface area contributed by atoms with E-state index in [2.05, 4.69) is 4.99 Å². The van der Waals surface area contributed by atoms with E-state index < -0.39 is 34.9 Å².